The molecule has 7 heteroatoms. The quantitative estimate of drug-likeness (QED) is 0.420. The minimum atomic E-state index is -0.249. The summed E-state index contributed by atoms with van der Waals surface area (Å²) >= 11 is 6.54. The van der Waals surface area contributed by atoms with Gasteiger partial charge in [0, 0.05) is 30.5 Å². The van der Waals surface area contributed by atoms with Crippen LogP contribution >= 0.6 is 11.6 Å². The topological polar surface area (TPSA) is 66.0 Å². The van der Waals surface area contributed by atoms with Gasteiger partial charge in [0.15, 0.2) is 0 Å². The number of pyridine rings is 1. The highest BCUT2D eigenvalue weighted by molar-refractivity contribution is 6.33. The Morgan fingerprint density at radius 3 is 2.82 bits per heavy atom. The van der Waals surface area contributed by atoms with Gasteiger partial charge in [-0.2, -0.15) is 0 Å². The fraction of sp³-hybridized carbons (Fsp3) is 0.308. The minimum absolute atomic E-state index is 0.0239. The molecule has 1 atom stereocenters. The van der Waals surface area contributed by atoms with E-state index in [9.17, 15) is 9.18 Å². The van der Waals surface area contributed by atoms with Crippen LogP contribution in [0.5, 0.6) is 0 Å². The molecular formula is C26H28ClFN4O. The number of hydrogen-bond acceptors (Lipinski definition) is 4. The fourth-order valence-electron chi connectivity index (χ4n) is 4.25. The van der Waals surface area contributed by atoms with E-state index in [0.717, 1.165) is 53.7 Å². The van der Waals surface area contributed by atoms with Gasteiger partial charge in [-0.15, -0.1) is 0 Å². The third kappa shape index (κ3) is 5.70. The van der Waals surface area contributed by atoms with Crippen LogP contribution in [0.1, 0.15) is 30.9 Å². The number of amides is 1. The Morgan fingerprint density at radius 1 is 1.21 bits per heavy atom. The van der Waals surface area contributed by atoms with Gasteiger partial charge >= 0.3 is 0 Å². The van der Waals surface area contributed by atoms with Crippen LogP contribution in [0.4, 0.5) is 15.9 Å². The number of nitrogens with one attached hydrogen (secondary N) is 3. The van der Waals surface area contributed by atoms with E-state index in [1.54, 1.807) is 12.3 Å². The molecule has 0 saturated carbocycles. The smallest absolute Gasteiger partial charge is 0.229 e. The molecule has 4 rings (SSSR count). The molecule has 1 saturated heterocycles. The zero-order chi connectivity index (χ0) is 23.2. The van der Waals surface area contributed by atoms with Gasteiger partial charge in [-0.1, -0.05) is 42.8 Å². The summed E-state index contributed by atoms with van der Waals surface area (Å²) in [4.78, 5) is 17.0. The van der Waals surface area contributed by atoms with Crippen molar-refractivity contribution < 1.29 is 9.18 Å². The van der Waals surface area contributed by atoms with Crippen LogP contribution in [0.25, 0.3) is 11.1 Å². The average molecular weight is 467 g/mol. The van der Waals surface area contributed by atoms with Gasteiger partial charge in [-0.3, -0.25) is 4.79 Å². The van der Waals surface area contributed by atoms with Crippen LogP contribution in [-0.2, 0) is 17.8 Å². The molecule has 0 bridgehead atoms. The maximum absolute atomic E-state index is 13.5. The molecule has 1 aliphatic heterocycles. The number of aromatic nitrogens is 1. The fourth-order valence-corrected chi connectivity index (χ4v) is 4.45. The van der Waals surface area contributed by atoms with E-state index in [-0.39, 0.29) is 17.6 Å². The van der Waals surface area contributed by atoms with Crippen molar-refractivity contribution in [3.8, 4) is 11.1 Å². The molecule has 2 aromatic carbocycles. The lowest BCUT2D eigenvalue weighted by Gasteiger charge is -2.22. The van der Waals surface area contributed by atoms with Crippen molar-refractivity contribution in [2.24, 2.45) is 5.92 Å². The Labute approximate surface area is 198 Å². The summed E-state index contributed by atoms with van der Waals surface area (Å²) in [5.74, 6) is 0.163. The standard InChI is InChI=1S/C26H28ClFN4O/c1-2-20-21(9-4-10-24(20)30-14-17-6-3-8-19(28)12-17)22-13-25(31-16-23(22)27)32-26(33)18-7-5-11-29-15-18/h3-4,6,8-10,12-13,16,18,29-30H,2,5,7,11,14-15H2,1H3,(H,31,32,33). The van der Waals surface area contributed by atoms with Gasteiger partial charge in [0.05, 0.1) is 10.9 Å². The molecular weight excluding hydrogens is 439 g/mol. The first-order valence-electron chi connectivity index (χ1n) is 11.3. The Kier molecular flexibility index (Phi) is 7.57. The molecule has 2 heterocycles. The largest absolute Gasteiger partial charge is 0.381 e. The summed E-state index contributed by atoms with van der Waals surface area (Å²) in [5.41, 5.74) is 4.72. The van der Waals surface area contributed by atoms with Crippen LogP contribution in [-0.4, -0.2) is 24.0 Å². The lowest BCUT2D eigenvalue weighted by molar-refractivity contribution is -0.120. The van der Waals surface area contributed by atoms with Crippen LogP contribution < -0.4 is 16.0 Å². The molecule has 3 N–H and O–H groups in total. The molecule has 1 aromatic heterocycles. The summed E-state index contributed by atoms with van der Waals surface area (Å²) in [7, 11) is 0. The lowest BCUT2D eigenvalue weighted by atomic mass is 9.96. The summed E-state index contributed by atoms with van der Waals surface area (Å²) < 4.78 is 13.5. The van der Waals surface area contributed by atoms with Crippen LogP contribution in [0.3, 0.4) is 0 Å². The lowest BCUT2D eigenvalue weighted by Crippen LogP contribution is -2.37. The predicted molar refractivity (Wildman–Crippen MR) is 132 cm³/mol. The molecule has 1 unspecified atom stereocenters. The number of benzene rings is 2. The molecule has 33 heavy (non-hydrogen) atoms. The first kappa shape index (κ1) is 23.2. The van der Waals surface area contributed by atoms with Crippen molar-refractivity contribution in [1.29, 1.82) is 0 Å². The Balaban J connectivity index is 1.58. The summed E-state index contributed by atoms with van der Waals surface area (Å²) in [6.07, 6.45) is 4.22. The number of carbonyl (C=O) groups excluding carboxylic acids is 1. The van der Waals surface area contributed by atoms with Crippen molar-refractivity contribution in [2.45, 2.75) is 32.7 Å². The highest BCUT2D eigenvalue weighted by atomic mass is 35.5. The zero-order valence-electron chi connectivity index (χ0n) is 18.6. The molecule has 0 spiro atoms. The molecule has 0 aliphatic carbocycles. The molecule has 1 fully saturated rings. The number of hydrogen-bond donors (Lipinski definition) is 3. The Bertz CT molecular complexity index is 1130. The van der Waals surface area contributed by atoms with Gasteiger partial charge in [-0.05, 0) is 66.8 Å². The molecule has 1 amide bonds. The molecule has 5 nitrogen and oxygen atoms in total. The van der Waals surface area contributed by atoms with Crippen molar-refractivity contribution in [2.75, 3.05) is 23.7 Å². The normalized spacial score (nSPS) is 15.8. The number of halogens is 2. The second-order valence-corrected chi connectivity index (χ2v) is 8.66. The average Bonchev–Trinajstić information content (AvgIpc) is 2.84. The number of piperidine rings is 1. The van der Waals surface area contributed by atoms with Crippen molar-refractivity contribution in [3.05, 3.63) is 76.7 Å². The number of nitrogens with zero attached hydrogens (tertiary/aromatic N) is 1. The van der Waals surface area contributed by atoms with Gasteiger partial charge in [0.1, 0.15) is 11.6 Å². The van der Waals surface area contributed by atoms with E-state index >= 15 is 0 Å². The van der Waals surface area contributed by atoms with E-state index in [2.05, 4.69) is 27.9 Å². The van der Waals surface area contributed by atoms with E-state index in [1.165, 1.54) is 12.1 Å². The summed E-state index contributed by atoms with van der Waals surface area (Å²) in [6.45, 7) is 4.23. The monoisotopic (exact) mass is 466 g/mol. The number of carbonyl (C=O) groups is 1. The second-order valence-electron chi connectivity index (χ2n) is 8.25. The van der Waals surface area contributed by atoms with E-state index in [0.29, 0.717) is 23.9 Å². The van der Waals surface area contributed by atoms with E-state index < -0.39 is 0 Å². The van der Waals surface area contributed by atoms with E-state index in [1.807, 2.05) is 30.3 Å². The Morgan fingerprint density at radius 2 is 2.06 bits per heavy atom. The van der Waals surface area contributed by atoms with Gasteiger partial charge in [0.2, 0.25) is 5.91 Å². The van der Waals surface area contributed by atoms with Crippen LogP contribution in [0.15, 0.2) is 54.7 Å². The van der Waals surface area contributed by atoms with Crippen molar-refractivity contribution >= 4 is 29.0 Å². The zero-order valence-corrected chi connectivity index (χ0v) is 19.4. The first-order chi connectivity index (χ1) is 16.0. The highest BCUT2D eigenvalue weighted by Crippen LogP contribution is 2.35. The summed E-state index contributed by atoms with van der Waals surface area (Å²) in [6, 6.07) is 14.4. The number of rotatable bonds is 7. The molecule has 0 radical (unpaired) electrons. The maximum Gasteiger partial charge on any atom is 0.229 e. The third-order valence-corrected chi connectivity index (χ3v) is 6.27. The second kappa shape index (κ2) is 10.8. The van der Waals surface area contributed by atoms with E-state index in [4.69, 9.17) is 11.6 Å². The van der Waals surface area contributed by atoms with Gasteiger partial charge in [0.25, 0.3) is 0 Å². The molecule has 172 valence electrons. The Hall–Kier alpha value is -2.96. The predicted octanol–water partition coefficient (Wildman–Crippen LogP) is 5.65. The third-order valence-electron chi connectivity index (χ3n) is 5.97. The molecule has 3 aromatic rings. The van der Waals surface area contributed by atoms with Crippen molar-refractivity contribution in [1.82, 2.24) is 10.3 Å². The minimum Gasteiger partial charge on any atom is -0.381 e. The summed E-state index contributed by atoms with van der Waals surface area (Å²) in [5, 5.41) is 10.2. The SMILES string of the molecule is CCc1c(NCc2cccc(F)c2)cccc1-c1cc(NC(=O)C2CCCNC2)ncc1Cl. The molecule has 1 aliphatic rings. The number of anilines is 2. The van der Waals surface area contributed by atoms with Crippen molar-refractivity contribution in [3.63, 3.8) is 0 Å². The first-order valence-corrected chi connectivity index (χ1v) is 11.7. The van der Waals surface area contributed by atoms with Crippen LogP contribution in [0.2, 0.25) is 5.02 Å². The van der Waals surface area contributed by atoms with Gasteiger partial charge in [-0.25, -0.2) is 9.37 Å². The highest BCUT2D eigenvalue weighted by Gasteiger charge is 2.22. The van der Waals surface area contributed by atoms with Gasteiger partial charge < -0.3 is 16.0 Å². The maximum atomic E-state index is 13.5. The van der Waals surface area contributed by atoms with Crippen LogP contribution in [0, 0.1) is 11.7 Å².